The van der Waals surface area contributed by atoms with E-state index in [-0.39, 0.29) is 22.0 Å². The average Bonchev–Trinajstić information content (AvgIpc) is 2.99. The molecule has 3 rings (SSSR count). The Hall–Kier alpha value is -3.47. The number of nitrogens with zero attached hydrogens (tertiary/aromatic N) is 1. The number of fused-ring (bicyclic) bond motifs is 1. The third-order valence-corrected chi connectivity index (χ3v) is 4.99. The van der Waals surface area contributed by atoms with Crippen molar-refractivity contribution in [3.05, 3.63) is 47.9 Å². The number of aromatic nitrogens is 2. The number of nitrogens with two attached hydrogens (primary N) is 1. The Morgan fingerprint density at radius 1 is 1.19 bits per heavy atom. The van der Waals surface area contributed by atoms with Gasteiger partial charge in [-0.05, 0) is 36.4 Å². The number of aromatic amines is 1. The van der Waals surface area contributed by atoms with Crippen molar-refractivity contribution in [1.29, 1.82) is 0 Å². The number of hydrogen-bond acceptors (Lipinski definition) is 5. The molecule has 140 valence electrons. The molecule has 0 aliphatic carbocycles. The van der Waals surface area contributed by atoms with Gasteiger partial charge in [0.15, 0.2) is 5.69 Å². The number of rotatable bonds is 5. The van der Waals surface area contributed by atoms with Crippen LogP contribution in [0.5, 0.6) is 0 Å². The first-order valence-electron chi connectivity index (χ1n) is 7.55. The molecule has 0 saturated heterocycles. The number of benzene rings is 2. The van der Waals surface area contributed by atoms with Crippen molar-refractivity contribution in [2.45, 2.75) is 11.8 Å². The molecular weight excluding hydrogens is 377 g/mol. The number of hydrogen-bond donors (Lipinski definition) is 4. The van der Waals surface area contributed by atoms with Crippen LogP contribution in [0.1, 0.15) is 17.4 Å². The minimum Gasteiger partial charge on any atom is -0.364 e. The van der Waals surface area contributed by atoms with Crippen LogP contribution >= 0.6 is 0 Å². The Morgan fingerprint density at radius 3 is 2.59 bits per heavy atom. The number of halogens is 1. The van der Waals surface area contributed by atoms with Crippen LogP contribution in [0.4, 0.5) is 15.8 Å². The van der Waals surface area contributed by atoms with Gasteiger partial charge in [-0.15, -0.1) is 0 Å². The first-order chi connectivity index (χ1) is 12.7. The molecule has 9 nitrogen and oxygen atoms in total. The third kappa shape index (κ3) is 3.72. The van der Waals surface area contributed by atoms with Gasteiger partial charge in [0.2, 0.25) is 5.91 Å². The van der Waals surface area contributed by atoms with Gasteiger partial charge in [0, 0.05) is 18.0 Å². The maximum absolute atomic E-state index is 13.7. The van der Waals surface area contributed by atoms with Gasteiger partial charge in [0.05, 0.1) is 16.1 Å². The maximum atomic E-state index is 13.7. The van der Waals surface area contributed by atoms with Crippen molar-refractivity contribution in [2.24, 2.45) is 5.73 Å². The predicted octanol–water partition coefficient (Wildman–Crippen LogP) is 1.56. The zero-order chi connectivity index (χ0) is 19.8. The van der Waals surface area contributed by atoms with Crippen LogP contribution in [-0.2, 0) is 14.8 Å². The van der Waals surface area contributed by atoms with Crippen molar-refractivity contribution >= 4 is 44.1 Å². The summed E-state index contributed by atoms with van der Waals surface area (Å²) in [5.74, 6) is -2.07. The van der Waals surface area contributed by atoms with Crippen LogP contribution in [0, 0.1) is 5.82 Å². The first-order valence-corrected chi connectivity index (χ1v) is 9.03. The average molecular weight is 391 g/mol. The lowest BCUT2D eigenvalue weighted by atomic mass is 10.2. The minimum atomic E-state index is -4.09. The quantitative estimate of drug-likeness (QED) is 0.521. The highest BCUT2D eigenvalue weighted by atomic mass is 32.2. The number of H-pyrrole nitrogens is 1. The SMILES string of the molecule is CC(=O)Nc1cc(S(=O)(=O)Nc2ccc3[nH]nc(C(N)=O)c3c2)ccc1F. The van der Waals surface area contributed by atoms with E-state index in [1.54, 1.807) is 0 Å². The lowest BCUT2D eigenvalue weighted by Crippen LogP contribution is -2.15. The van der Waals surface area contributed by atoms with Crippen LogP contribution in [0.25, 0.3) is 10.9 Å². The maximum Gasteiger partial charge on any atom is 0.269 e. The van der Waals surface area contributed by atoms with Gasteiger partial charge >= 0.3 is 0 Å². The molecule has 11 heteroatoms. The largest absolute Gasteiger partial charge is 0.364 e. The minimum absolute atomic E-state index is 0.0271. The lowest BCUT2D eigenvalue weighted by molar-refractivity contribution is -0.114. The molecule has 0 saturated carbocycles. The molecule has 2 amide bonds. The van der Waals surface area contributed by atoms with E-state index in [1.807, 2.05) is 0 Å². The molecule has 27 heavy (non-hydrogen) atoms. The highest BCUT2D eigenvalue weighted by molar-refractivity contribution is 7.92. The van der Waals surface area contributed by atoms with Crippen LogP contribution in [0.3, 0.4) is 0 Å². The van der Waals surface area contributed by atoms with E-state index in [0.717, 1.165) is 18.2 Å². The summed E-state index contributed by atoms with van der Waals surface area (Å²) in [6.07, 6.45) is 0. The van der Waals surface area contributed by atoms with Crippen molar-refractivity contribution in [1.82, 2.24) is 10.2 Å². The summed E-state index contributed by atoms with van der Waals surface area (Å²) in [5, 5.41) is 8.96. The highest BCUT2D eigenvalue weighted by Gasteiger charge is 2.18. The molecule has 0 atom stereocenters. The topological polar surface area (TPSA) is 147 Å². The molecule has 0 radical (unpaired) electrons. The lowest BCUT2D eigenvalue weighted by Gasteiger charge is -2.10. The van der Waals surface area contributed by atoms with Gasteiger partial charge in [-0.25, -0.2) is 12.8 Å². The number of nitrogens with one attached hydrogen (secondary N) is 3. The third-order valence-electron chi connectivity index (χ3n) is 3.61. The number of sulfonamides is 1. The molecule has 0 fully saturated rings. The summed E-state index contributed by atoms with van der Waals surface area (Å²) in [5.41, 5.74) is 5.60. The van der Waals surface area contributed by atoms with Crippen LogP contribution < -0.4 is 15.8 Å². The summed E-state index contributed by atoms with van der Waals surface area (Å²) in [6.45, 7) is 1.18. The second kappa shape index (κ2) is 6.68. The summed E-state index contributed by atoms with van der Waals surface area (Å²) in [6, 6.07) is 7.39. The fraction of sp³-hybridized carbons (Fsp3) is 0.0625. The van der Waals surface area contributed by atoms with Crippen molar-refractivity contribution in [3.8, 4) is 0 Å². The Balaban J connectivity index is 1.97. The van der Waals surface area contributed by atoms with Crippen molar-refractivity contribution in [2.75, 3.05) is 10.0 Å². The van der Waals surface area contributed by atoms with Gasteiger partial charge in [0.25, 0.3) is 15.9 Å². The smallest absolute Gasteiger partial charge is 0.269 e. The Labute approximate surface area is 152 Å². The zero-order valence-corrected chi connectivity index (χ0v) is 14.7. The molecule has 2 aromatic carbocycles. The molecule has 0 unspecified atom stereocenters. The fourth-order valence-corrected chi connectivity index (χ4v) is 3.51. The molecule has 0 aliphatic rings. The molecule has 1 aromatic heterocycles. The van der Waals surface area contributed by atoms with E-state index < -0.39 is 27.7 Å². The van der Waals surface area contributed by atoms with Crippen molar-refractivity contribution in [3.63, 3.8) is 0 Å². The van der Waals surface area contributed by atoms with Crippen molar-refractivity contribution < 1.29 is 22.4 Å². The molecule has 0 spiro atoms. The summed E-state index contributed by atoms with van der Waals surface area (Å²) in [7, 11) is -4.09. The van der Waals surface area contributed by atoms with E-state index in [0.29, 0.717) is 10.9 Å². The van der Waals surface area contributed by atoms with E-state index in [4.69, 9.17) is 5.73 Å². The predicted molar refractivity (Wildman–Crippen MR) is 96.1 cm³/mol. The zero-order valence-electron chi connectivity index (χ0n) is 13.9. The summed E-state index contributed by atoms with van der Waals surface area (Å²) in [4.78, 5) is 22.2. The Bertz CT molecular complexity index is 1170. The van der Waals surface area contributed by atoms with Gasteiger partial charge < -0.3 is 11.1 Å². The van der Waals surface area contributed by atoms with Crippen LogP contribution in [-0.4, -0.2) is 30.4 Å². The van der Waals surface area contributed by atoms with E-state index in [2.05, 4.69) is 20.2 Å². The van der Waals surface area contributed by atoms with E-state index in [9.17, 15) is 22.4 Å². The molecule has 5 N–H and O–H groups in total. The highest BCUT2D eigenvalue weighted by Crippen LogP contribution is 2.25. The van der Waals surface area contributed by atoms with Gasteiger partial charge in [0.1, 0.15) is 5.82 Å². The first kappa shape index (κ1) is 18.3. The summed E-state index contributed by atoms with van der Waals surface area (Å²) >= 11 is 0. The second-order valence-electron chi connectivity index (χ2n) is 5.63. The second-order valence-corrected chi connectivity index (χ2v) is 7.31. The number of anilines is 2. The monoisotopic (exact) mass is 391 g/mol. The molecule has 1 heterocycles. The van der Waals surface area contributed by atoms with E-state index in [1.165, 1.54) is 25.1 Å². The number of carbonyl (C=O) groups excluding carboxylic acids is 2. The van der Waals surface area contributed by atoms with Gasteiger partial charge in [-0.1, -0.05) is 0 Å². The van der Waals surface area contributed by atoms with Gasteiger partial charge in [-0.2, -0.15) is 5.10 Å². The summed E-state index contributed by atoms with van der Waals surface area (Å²) < 4.78 is 41.2. The molecular formula is C16H14FN5O4S. The Morgan fingerprint density at radius 2 is 1.93 bits per heavy atom. The molecule has 0 bridgehead atoms. The number of primary amides is 1. The molecule has 3 aromatic rings. The fourth-order valence-electron chi connectivity index (χ4n) is 2.44. The normalized spacial score (nSPS) is 11.3. The Kier molecular flexibility index (Phi) is 4.54. The van der Waals surface area contributed by atoms with E-state index >= 15 is 0 Å². The number of carbonyl (C=O) groups is 2. The standard InChI is InChI=1S/C16H14FN5O4S/c1-8(23)19-14-7-10(3-4-12(14)17)27(25,26)22-9-2-5-13-11(6-9)15(16(18)24)21-20-13/h2-7,22H,1H3,(H2,18,24)(H,19,23)(H,20,21). The number of amides is 2. The van der Waals surface area contributed by atoms with Gasteiger partial charge in [-0.3, -0.25) is 19.4 Å². The molecule has 0 aliphatic heterocycles. The van der Waals surface area contributed by atoms with Crippen LogP contribution in [0.2, 0.25) is 0 Å². The van der Waals surface area contributed by atoms with Crippen LogP contribution in [0.15, 0.2) is 41.3 Å².